The number of hydrogen-bond donors (Lipinski definition) is 2. The highest BCUT2D eigenvalue weighted by molar-refractivity contribution is 7.18. The van der Waals surface area contributed by atoms with E-state index in [2.05, 4.69) is 15.3 Å². The first-order valence-corrected chi connectivity index (χ1v) is 8.19. The van der Waals surface area contributed by atoms with E-state index in [9.17, 15) is 9.59 Å². The number of H-pyrrole nitrogens is 1. The lowest BCUT2D eigenvalue weighted by Gasteiger charge is -2.07. The highest BCUT2D eigenvalue weighted by Gasteiger charge is 2.10. The molecule has 0 fully saturated rings. The molecule has 0 unspecified atom stereocenters. The molecular weight excluding hydrogens is 312 g/mol. The van der Waals surface area contributed by atoms with Gasteiger partial charge in [-0.2, -0.15) is 0 Å². The molecule has 0 spiro atoms. The summed E-state index contributed by atoms with van der Waals surface area (Å²) in [7, 11) is 0. The van der Waals surface area contributed by atoms with Crippen LogP contribution in [0.25, 0.3) is 10.2 Å². The molecule has 0 aliphatic rings. The van der Waals surface area contributed by atoms with Crippen LogP contribution in [0.5, 0.6) is 0 Å². The van der Waals surface area contributed by atoms with Gasteiger partial charge in [-0.1, -0.05) is 0 Å². The van der Waals surface area contributed by atoms with Crippen molar-refractivity contribution in [2.75, 3.05) is 5.32 Å². The van der Waals surface area contributed by atoms with Crippen molar-refractivity contribution in [3.63, 3.8) is 0 Å². The van der Waals surface area contributed by atoms with Gasteiger partial charge < -0.3 is 10.3 Å². The minimum atomic E-state index is -0.172. The van der Waals surface area contributed by atoms with Gasteiger partial charge in [0, 0.05) is 30.0 Å². The Morgan fingerprint density at radius 3 is 2.83 bits per heavy atom. The minimum absolute atomic E-state index is 0.115. The van der Waals surface area contributed by atoms with Gasteiger partial charge in [0.15, 0.2) is 0 Å². The predicted molar refractivity (Wildman–Crippen MR) is 92.1 cm³/mol. The average molecular weight is 330 g/mol. The summed E-state index contributed by atoms with van der Waals surface area (Å²) in [5.41, 5.74) is 3.22. The lowest BCUT2D eigenvalue weighted by molar-refractivity contribution is -0.116. The van der Waals surface area contributed by atoms with Crippen LogP contribution in [0.15, 0.2) is 23.0 Å². The lowest BCUT2D eigenvalue weighted by Crippen LogP contribution is -2.22. The topological polar surface area (TPSA) is 79.8 Å². The van der Waals surface area contributed by atoms with Gasteiger partial charge >= 0.3 is 5.69 Å². The molecule has 0 saturated heterocycles. The van der Waals surface area contributed by atoms with E-state index in [1.807, 2.05) is 39.0 Å². The second-order valence-corrected chi connectivity index (χ2v) is 6.74. The maximum Gasteiger partial charge on any atom is 0.325 e. The molecule has 0 aliphatic carbocycles. The number of nitrogens with zero attached hydrogens (tertiary/aromatic N) is 2. The maximum atomic E-state index is 12.1. The van der Waals surface area contributed by atoms with Crippen LogP contribution >= 0.6 is 11.3 Å². The number of hydrogen-bond acceptors (Lipinski definition) is 4. The Kier molecular flexibility index (Phi) is 4.04. The number of carbonyl (C=O) groups excluding carboxylic acids is 1. The Morgan fingerprint density at radius 1 is 1.35 bits per heavy atom. The minimum Gasteiger partial charge on any atom is -0.326 e. The van der Waals surface area contributed by atoms with E-state index in [0.29, 0.717) is 6.54 Å². The Bertz CT molecular complexity index is 935. The van der Waals surface area contributed by atoms with E-state index in [4.69, 9.17) is 0 Å². The molecule has 1 aromatic carbocycles. The van der Waals surface area contributed by atoms with Gasteiger partial charge in [-0.3, -0.25) is 9.36 Å². The number of nitrogens with one attached hydrogen (secondary N) is 2. The van der Waals surface area contributed by atoms with Crippen molar-refractivity contribution in [2.24, 2.45) is 0 Å². The van der Waals surface area contributed by atoms with Crippen molar-refractivity contribution in [1.29, 1.82) is 0 Å². The molecular formula is C16H18N4O2S. The first-order valence-electron chi connectivity index (χ1n) is 7.37. The van der Waals surface area contributed by atoms with E-state index in [1.54, 1.807) is 15.9 Å². The molecule has 23 heavy (non-hydrogen) atoms. The summed E-state index contributed by atoms with van der Waals surface area (Å²) in [4.78, 5) is 31.0. The largest absolute Gasteiger partial charge is 0.326 e. The quantitative estimate of drug-likeness (QED) is 0.772. The molecule has 1 amide bonds. The summed E-state index contributed by atoms with van der Waals surface area (Å²) in [6, 6.07) is 5.67. The van der Waals surface area contributed by atoms with Gasteiger partial charge in [-0.05, 0) is 39.0 Å². The van der Waals surface area contributed by atoms with Gasteiger partial charge in [-0.15, -0.1) is 11.3 Å². The fourth-order valence-electron chi connectivity index (χ4n) is 2.50. The Labute approximate surface area is 137 Å². The summed E-state index contributed by atoms with van der Waals surface area (Å²) < 4.78 is 2.64. The van der Waals surface area contributed by atoms with Crippen LogP contribution in [-0.2, 0) is 11.3 Å². The zero-order chi connectivity index (χ0) is 16.6. The monoisotopic (exact) mass is 330 g/mol. The molecule has 7 heteroatoms. The number of carbonyl (C=O) groups is 1. The number of aryl methyl sites for hydroxylation is 2. The molecule has 6 nitrogen and oxygen atoms in total. The van der Waals surface area contributed by atoms with E-state index in [1.165, 1.54) is 0 Å². The number of anilines is 1. The molecule has 0 saturated carbocycles. The Morgan fingerprint density at radius 2 is 2.13 bits per heavy atom. The summed E-state index contributed by atoms with van der Waals surface area (Å²) in [5, 5.41) is 3.87. The Hall–Kier alpha value is -2.41. The standard InChI is InChI=1S/C16H18N4O2S/c1-9-10(2)20(16(22)17-9)7-6-15(21)19-12-4-5-13-14(8-12)23-11(3)18-13/h4-5,8H,6-7H2,1-3H3,(H,17,22)(H,19,21). The third kappa shape index (κ3) is 3.19. The molecule has 3 aromatic rings. The number of benzene rings is 1. The van der Waals surface area contributed by atoms with E-state index < -0.39 is 0 Å². The molecule has 120 valence electrons. The van der Waals surface area contributed by atoms with Crippen molar-refractivity contribution in [1.82, 2.24) is 14.5 Å². The maximum absolute atomic E-state index is 12.1. The summed E-state index contributed by atoms with van der Waals surface area (Å²) in [5.74, 6) is -0.115. The smallest absolute Gasteiger partial charge is 0.325 e. The van der Waals surface area contributed by atoms with Gasteiger partial charge in [0.05, 0.1) is 15.2 Å². The normalized spacial score (nSPS) is 11.1. The molecule has 2 N–H and O–H groups in total. The van der Waals surface area contributed by atoms with Crippen molar-refractivity contribution >= 4 is 33.1 Å². The number of imidazole rings is 1. The number of amides is 1. The van der Waals surface area contributed by atoms with Crippen molar-refractivity contribution in [3.8, 4) is 0 Å². The number of aromatic nitrogens is 3. The predicted octanol–water partition coefficient (Wildman–Crippen LogP) is 2.74. The van der Waals surface area contributed by atoms with E-state index in [0.717, 1.165) is 32.3 Å². The van der Waals surface area contributed by atoms with Gasteiger partial charge in [-0.25, -0.2) is 9.78 Å². The molecule has 3 rings (SSSR count). The van der Waals surface area contributed by atoms with E-state index in [-0.39, 0.29) is 18.0 Å². The fraction of sp³-hybridized carbons (Fsp3) is 0.312. The van der Waals surface area contributed by atoms with Gasteiger partial charge in [0.2, 0.25) is 5.91 Å². The van der Waals surface area contributed by atoms with Crippen LogP contribution in [-0.4, -0.2) is 20.4 Å². The van der Waals surface area contributed by atoms with Crippen molar-refractivity contribution in [2.45, 2.75) is 33.7 Å². The molecule has 2 heterocycles. The Balaban J connectivity index is 1.67. The van der Waals surface area contributed by atoms with Crippen molar-refractivity contribution in [3.05, 3.63) is 45.1 Å². The van der Waals surface area contributed by atoms with E-state index >= 15 is 0 Å². The molecule has 0 radical (unpaired) electrons. The first-order chi connectivity index (χ1) is 10.9. The second-order valence-electron chi connectivity index (χ2n) is 5.51. The molecule has 2 aromatic heterocycles. The van der Waals surface area contributed by atoms with Crippen LogP contribution in [0.4, 0.5) is 5.69 Å². The van der Waals surface area contributed by atoms with Crippen LogP contribution in [0.2, 0.25) is 0 Å². The molecule has 0 aliphatic heterocycles. The van der Waals surface area contributed by atoms with Crippen LogP contribution < -0.4 is 11.0 Å². The van der Waals surface area contributed by atoms with Crippen molar-refractivity contribution < 1.29 is 4.79 Å². The highest BCUT2D eigenvalue weighted by atomic mass is 32.1. The number of fused-ring (bicyclic) bond motifs is 1. The number of rotatable bonds is 4. The third-order valence-corrected chi connectivity index (χ3v) is 4.76. The van der Waals surface area contributed by atoms with Gasteiger partial charge in [0.25, 0.3) is 0 Å². The van der Waals surface area contributed by atoms with Gasteiger partial charge in [0.1, 0.15) is 0 Å². The van der Waals surface area contributed by atoms with Crippen LogP contribution in [0.1, 0.15) is 22.8 Å². The lowest BCUT2D eigenvalue weighted by atomic mass is 10.3. The third-order valence-electron chi connectivity index (χ3n) is 3.83. The zero-order valence-electron chi connectivity index (χ0n) is 13.3. The zero-order valence-corrected chi connectivity index (χ0v) is 14.1. The second kappa shape index (κ2) is 6.00. The van der Waals surface area contributed by atoms with Crippen LogP contribution in [0, 0.1) is 20.8 Å². The SMILES string of the molecule is Cc1nc2ccc(NC(=O)CCn3c(C)c(C)[nH]c3=O)cc2s1. The highest BCUT2D eigenvalue weighted by Crippen LogP contribution is 2.24. The van der Waals surface area contributed by atoms with Crippen LogP contribution in [0.3, 0.4) is 0 Å². The molecule has 0 atom stereocenters. The number of thiazole rings is 1. The number of aromatic amines is 1. The first kappa shape index (κ1) is 15.5. The summed E-state index contributed by atoms with van der Waals surface area (Å²) in [6.07, 6.45) is 0.248. The average Bonchev–Trinajstić information content (AvgIpc) is 2.96. The summed E-state index contributed by atoms with van der Waals surface area (Å²) >= 11 is 1.60. The summed E-state index contributed by atoms with van der Waals surface area (Å²) in [6.45, 7) is 6.04. The fourth-order valence-corrected chi connectivity index (χ4v) is 3.36. The molecule has 0 bridgehead atoms.